The summed E-state index contributed by atoms with van der Waals surface area (Å²) in [7, 11) is 0. The highest BCUT2D eigenvalue weighted by molar-refractivity contribution is 5.98. The summed E-state index contributed by atoms with van der Waals surface area (Å²) in [6.07, 6.45) is 7.43. The third-order valence-corrected chi connectivity index (χ3v) is 4.33. The lowest BCUT2D eigenvalue weighted by atomic mass is 10.1. The third kappa shape index (κ3) is 8.72. The first-order valence-corrected chi connectivity index (χ1v) is 10.1. The number of amides is 2. The predicted octanol–water partition coefficient (Wildman–Crippen LogP) is 3.20. The minimum atomic E-state index is -0.123. The summed E-state index contributed by atoms with van der Waals surface area (Å²) >= 11 is 0. The molecule has 2 aromatic rings. The minimum absolute atomic E-state index is 0.123. The molecule has 2 amide bonds. The second-order valence-corrected chi connectivity index (χ2v) is 6.81. The van der Waals surface area contributed by atoms with Gasteiger partial charge in [-0.15, -0.1) is 0 Å². The maximum Gasteiger partial charge on any atom is 0.240 e. The topological polar surface area (TPSA) is 109 Å². The number of nitrogens with one attached hydrogen (secondary N) is 2. The SMILES string of the molecule is CC(=NNC(=O)CCCCCCC(=O)NN=C(C)c1ccccn1)c1ccccn1. The number of hydrogen-bond donors (Lipinski definition) is 2. The Morgan fingerprint density at radius 1 is 0.733 bits per heavy atom. The van der Waals surface area contributed by atoms with Gasteiger partial charge in [0.25, 0.3) is 0 Å². The van der Waals surface area contributed by atoms with E-state index in [9.17, 15) is 9.59 Å². The van der Waals surface area contributed by atoms with Gasteiger partial charge in [-0.1, -0.05) is 25.0 Å². The Labute approximate surface area is 176 Å². The van der Waals surface area contributed by atoms with E-state index in [0.29, 0.717) is 24.3 Å². The van der Waals surface area contributed by atoms with Crippen LogP contribution in [0.15, 0.2) is 59.0 Å². The lowest BCUT2D eigenvalue weighted by Crippen LogP contribution is -2.19. The molecule has 2 rings (SSSR count). The van der Waals surface area contributed by atoms with Crippen molar-refractivity contribution >= 4 is 23.2 Å². The second kappa shape index (κ2) is 12.9. The summed E-state index contributed by atoms with van der Waals surface area (Å²) in [6.45, 7) is 3.60. The molecule has 0 unspecified atom stereocenters. The van der Waals surface area contributed by atoms with Gasteiger partial charge in [0.05, 0.1) is 22.8 Å². The van der Waals surface area contributed by atoms with Crippen LogP contribution in [0, 0.1) is 0 Å². The van der Waals surface area contributed by atoms with Gasteiger partial charge in [0.2, 0.25) is 11.8 Å². The summed E-state index contributed by atoms with van der Waals surface area (Å²) in [4.78, 5) is 32.1. The van der Waals surface area contributed by atoms with Crippen LogP contribution >= 0.6 is 0 Å². The van der Waals surface area contributed by atoms with Crippen LogP contribution < -0.4 is 10.9 Å². The van der Waals surface area contributed by atoms with Crippen molar-refractivity contribution in [1.82, 2.24) is 20.8 Å². The first-order valence-electron chi connectivity index (χ1n) is 10.1. The molecule has 2 aromatic heterocycles. The van der Waals surface area contributed by atoms with E-state index < -0.39 is 0 Å². The molecule has 8 nitrogen and oxygen atoms in total. The first-order chi connectivity index (χ1) is 14.6. The van der Waals surface area contributed by atoms with Crippen molar-refractivity contribution in [3.05, 3.63) is 60.2 Å². The largest absolute Gasteiger partial charge is 0.273 e. The van der Waals surface area contributed by atoms with Crippen LogP contribution in [0.25, 0.3) is 0 Å². The average molecular weight is 409 g/mol. The number of hydrogen-bond acceptors (Lipinski definition) is 6. The van der Waals surface area contributed by atoms with Gasteiger partial charge < -0.3 is 0 Å². The first kappa shape index (κ1) is 22.9. The summed E-state index contributed by atoms with van der Waals surface area (Å²) in [5, 5.41) is 8.15. The van der Waals surface area contributed by atoms with E-state index in [1.165, 1.54) is 0 Å². The molecule has 0 aromatic carbocycles. The summed E-state index contributed by atoms with van der Waals surface area (Å²) in [6, 6.07) is 11.1. The van der Waals surface area contributed by atoms with Crippen LogP contribution in [0.1, 0.15) is 63.8 Å². The van der Waals surface area contributed by atoms with Crippen LogP contribution in [0.5, 0.6) is 0 Å². The average Bonchev–Trinajstić information content (AvgIpc) is 2.79. The maximum absolute atomic E-state index is 11.9. The van der Waals surface area contributed by atoms with E-state index in [4.69, 9.17) is 0 Å². The number of hydrazone groups is 2. The van der Waals surface area contributed by atoms with Gasteiger partial charge in [-0.25, -0.2) is 10.9 Å². The summed E-state index contributed by atoms with van der Waals surface area (Å²) in [5.74, 6) is -0.246. The number of carbonyl (C=O) groups excluding carboxylic acids is 2. The van der Waals surface area contributed by atoms with E-state index in [2.05, 4.69) is 31.0 Å². The van der Waals surface area contributed by atoms with Crippen molar-refractivity contribution < 1.29 is 9.59 Å². The number of rotatable bonds is 11. The van der Waals surface area contributed by atoms with Crippen LogP contribution in [0.2, 0.25) is 0 Å². The molecule has 0 aliphatic rings. The number of unbranched alkanes of at least 4 members (excludes halogenated alkanes) is 3. The number of carbonyl (C=O) groups is 2. The normalized spacial score (nSPS) is 11.8. The molecule has 0 fully saturated rings. The smallest absolute Gasteiger partial charge is 0.240 e. The van der Waals surface area contributed by atoms with Crippen LogP contribution in [0.3, 0.4) is 0 Å². The Bertz CT molecular complexity index is 792. The molecular weight excluding hydrogens is 380 g/mol. The lowest BCUT2D eigenvalue weighted by molar-refractivity contribution is -0.122. The molecule has 2 N–H and O–H groups in total. The van der Waals surface area contributed by atoms with Gasteiger partial charge in [-0.05, 0) is 51.0 Å². The van der Waals surface area contributed by atoms with E-state index in [1.807, 2.05) is 36.4 Å². The zero-order valence-electron chi connectivity index (χ0n) is 17.5. The van der Waals surface area contributed by atoms with Crippen LogP contribution in [0.4, 0.5) is 0 Å². The Morgan fingerprint density at radius 2 is 1.17 bits per heavy atom. The number of nitrogens with zero attached hydrogens (tertiary/aromatic N) is 4. The van der Waals surface area contributed by atoms with Gasteiger partial charge in [0.1, 0.15) is 0 Å². The van der Waals surface area contributed by atoms with Gasteiger partial charge in [-0.3, -0.25) is 19.6 Å². The van der Waals surface area contributed by atoms with E-state index in [0.717, 1.165) is 37.1 Å². The maximum atomic E-state index is 11.9. The predicted molar refractivity (Wildman–Crippen MR) is 117 cm³/mol. The quantitative estimate of drug-likeness (QED) is 0.338. The highest BCUT2D eigenvalue weighted by Crippen LogP contribution is 2.06. The molecule has 0 saturated heterocycles. The summed E-state index contributed by atoms with van der Waals surface area (Å²) in [5.41, 5.74) is 7.90. The molecule has 0 bridgehead atoms. The molecule has 2 heterocycles. The molecular formula is C22H28N6O2. The van der Waals surface area contributed by atoms with E-state index in [1.54, 1.807) is 26.2 Å². The minimum Gasteiger partial charge on any atom is -0.273 e. The zero-order valence-corrected chi connectivity index (χ0v) is 17.5. The number of aromatic nitrogens is 2. The van der Waals surface area contributed by atoms with Crippen molar-refractivity contribution in [3.63, 3.8) is 0 Å². The zero-order chi connectivity index (χ0) is 21.6. The fourth-order valence-corrected chi connectivity index (χ4v) is 2.60. The fraction of sp³-hybridized carbons (Fsp3) is 0.364. The van der Waals surface area contributed by atoms with Crippen molar-refractivity contribution in [2.75, 3.05) is 0 Å². The fourth-order valence-electron chi connectivity index (χ4n) is 2.60. The molecule has 0 atom stereocenters. The van der Waals surface area contributed by atoms with Gasteiger partial charge in [0.15, 0.2) is 0 Å². The van der Waals surface area contributed by atoms with E-state index >= 15 is 0 Å². The molecule has 0 saturated carbocycles. The molecule has 8 heteroatoms. The van der Waals surface area contributed by atoms with Gasteiger partial charge in [-0.2, -0.15) is 10.2 Å². The van der Waals surface area contributed by atoms with Gasteiger partial charge >= 0.3 is 0 Å². The van der Waals surface area contributed by atoms with Crippen molar-refractivity contribution in [1.29, 1.82) is 0 Å². The standard InChI is InChI=1S/C22H28N6O2/c1-17(19-11-7-9-15-23-19)25-27-21(29)13-5-3-4-6-14-22(30)28-26-18(2)20-12-8-10-16-24-20/h7-12,15-16H,3-6,13-14H2,1-2H3,(H,27,29)(H,28,30). The Balaban J connectivity index is 1.55. The van der Waals surface area contributed by atoms with Crippen LogP contribution in [-0.2, 0) is 9.59 Å². The molecule has 0 radical (unpaired) electrons. The molecule has 0 aliphatic carbocycles. The third-order valence-electron chi connectivity index (χ3n) is 4.33. The Hall–Kier alpha value is -3.42. The molecule has 158 valence electrons. The Kier molecular flexibility index (Phi) is 9.85. The highest BCUT2D eigenvalue weighted by atomic mass is 16.2. The number of pyridine rings is 2. The van der Waals surface area contributed by atoms with E-state index in [-0.39, 0.29) is 11.8 Å². The monoisotopic (exact) mass is 408 g/mol. The molecule has 0 aliphatic heterocycles. The lowest BCUT2D eigenvalue weighted by Gasteiger charge is -2.04. The van der Waals surface area contributed by atoms with Crippen molar-refractivity contribution in [2.45, 2.75) is 52.4 Å². The second-order valence-electron chi connectivity index (χ2n) is 6.81. The van der Waals surface area contributed by atoms with Gasteiger partial charge in [0, 0.05) is 25.2 Å². The highest BCUT2D eigenvalue weighted by Gasteiger charge is 2.04. The Morgan fingerprint density at radius 3 is 1.53 bits per heavy atom. The van der Waals surface area contributed by atoms with Crippen LogP contribution in [-0.4, -0.2) is 33.2 Å². The molecule has 0 spiro atoms. The van der Waals surface area contributed by atoms with Crippen molar-refractivity contribution in [2.24, 2.45) is 10.2 Å². The molecule has 30 heavy (non-hydrogen) atoms. The summed E-state index contributed by atoms with van der Waals surface area (Å²) < 4.78 is 0. The van der Waals surface area contributed by atoms with Crippen molar-refractivity contribution in [3.8, 4) is 0 Å².